The van der Waals surface area contributed by atoms with Crippen LogP contribution in [0.5, 0.6) is 5.75 Å². The summed E-state index contributed by atoms with van der Waals surface area (Å²) < 4.78 is 5.18. The van der Waals surface area contributed by atoms with Crippen molar-refractivity contribution in [1.29, 1.82) is 0 Å². The highest BCUT2D eigenvalue weighted by molar-refractivity contribution is 5.99. The monoisotopic (exact) mass is 246 g/mol. The number of ketones is 1. The van der Waals surface area contributed by atoms with Crippen LogP contribution in [-0.4, -0.2) is 33.1 Å². The number of aromatic nitrogens is 4. The number of aryl methyl sites for hydroxylation is 2. The van der Waals surface area contributed by atoms with Crippen LogP contribution < -0.4 is 4.74 Å². The molecule has 2 rings (SSSR count). The summed E-state index contributed by atoms with van der Waals surface area (Å²) in [4.78, 5) is 13.5. The summed E-state index contributed by atoms with van der Waals surface area (Å²) in [6, 6.07) is 5.49. The van der Waals surface area contributed by atoms with Crippen LogP contribution in [0.4, 0.5) is 0 Å². The molecule has 6 heteroatoms. The maximum Gasteiger partial charge on any atom is 0.182 e. The first-order valence-corrected chi connectivity index (χ1v) is 5.51. The van der Waals surface area contributed by atoms with Crippen molar-refractivity contribution in [2.45, 2.75) is 13.3 Å². The van der Waals surface area contributed by atoms with E-state index in [4.69, 9.17) is 4.74 Å². The van der Waals surface area contributed by atoms with Gasteiger partial charge in [0.05, 0.1) is 26.1 Å². The molecule has 6 nitrogen and oxygen atoms in total. The Morgan fingerprint density at radius 2 is 2.22 bits per heavy atom. The van der Waals surface area contributed by atoms with E-state index in [0.717, 1.165) is 5.56 Å². The third kappa shape index (κ3) is 2.53. The Labute approximate surface area is 105 Å². The Balaban J connectivity index is 2.25. The number of tetrazole rings is 1. The Kier molecular flexibility index (Phi) is 3.36. The van der Waals surface area contributed by atoms with E-state index in [-0.39, 0.29) is 12.2 Å². The second kappa shape index (κ2) is 4.95. The van der Waals surface area contributed by atoms with Crippen LogP contribution in [0.2, 0.25) is 0 Å². The molecule has 0 N–H and O–H groups in total. The molecule has 2 aromatic rings. The van der Waals surface area contributed by atoms with Gasteiger partial charge in [-0.05, 0) is 24.3 Å². The standard InChI is InChI=1S/C12H14N4O2/c1-8-4-5-11(18-3)9(6-8)10(17)7-12-13-15-16(2)14-12/h4-6H,7H2,1-3H3. The van der Waals surface area contributed by atoms with E-state index in [1.54, 1.807) is 26.3 Å². The lowest BCUT2D eigenvalue weighted by molar-refractivity contribution is 0.0987. The minimum atomic E-state index is -0.0800. The number of hydrogen-bond donors (Lipinski definition) is 0. The molecule has 0 amide bonds. The predicted molar refractivity (Wildman–Crippen MR) is 64.6 cm³/mol. The molecule has 0 aliphatic carbocycles. The number of methoxy groups -OCH3 is 1. The molecule has 0 saturated heterocycles. The lowest BCUT2D eigenvalue weighted by Gasteiger charge is -2.07. The topological polar surface area (TPSA) is 69.9 Å². The van der Waals surface area contributed by atoms with Gasteiger partial charge < -0.3 is 4.74 Å². The van der Waals surface area contributed by atoms with Crippen molar-refractivity contribution in [2.24, 2.45) is 7.05 Å². The Hall–Kier alpha value is -2.24. The first-order chi connectivity index (χ1) is 8.60. The molecule has 1 aromatic carbocycles. The fourth-order valence-electron chi connectivity index (χ4n) is 1.67. The van der Waals surface area contributed by atoms with Crippen LogP contribution in [0.25, 0.3) is 0 Å². The average Bonchev–Trinajstić information content (AvgIpc) is 2.74. The summed E-state index contributed by atoms with van der Waals surface area (Å²) in [5.41, 5.74) is 1.55. The summed E-state index contributed by atoms with van der Waals surface area (Å²) in [5.74, 6) is 0.893. The van der Waals surface area contributed by atoms with E-state index < -0.39 is 0 Å². The molecule has 0 unspecified atom stereocenters. The SMILES string of the molecule is COc1ccc(C)cc1C(=O)Cc1nnn(C)n1. The van der Waals surface area contributed by atoms with Crippen molar-refractivity contribution in [2.75, 3.05) is 7.11 Å². The van der Waals surface area contributed by atoms with Gasteiger partial charge in [0.1, 0.15) is 5.75 Å². The molecular formula is C12H14N4O2. The van der Waals surface area contributed by atoms with Gasteiger partial charge in [0, 0.05) is 0 Å². The van der Waals surface area contributed by atoms with E-state index in [0.29, 0.717) is 17.1 Å². The van der Waals surface area contributed by atoms with Crippen molar-refractivity contribution in [3.05, 3.63) is 35.2 Å². The Morgan fingerprint density at radius 1 is 1.44 bits per heavy atom. The van der Waals surface area contributed by atoms with Crippen LogP contribution in [-0.2, 0) is 13.5 Å². The zero-order valence-corrected chi connectivity index (χ0v) is 10.5. The number of carbonyl (C=O) groups is 1. The summed E-state index contributed by atoms with van der Waals surface area (Å²) in [6.45, 7) is 1.93. The molecule has 0 radical (unpaired) electrons. The van der Waals surface area contributed by atoms with Crippen LogP contribution >= 0.6 is 0 Å². The lowest BCUT2D eigenvalue weighted by atomic mass is 10.0. The Bertz CT molecular complexity index is 577. The van der Waals surface area contributed by atoms with E-state index in [1.165, 1.54) is 4.80 Å². The first kappa shape index (κ1) is 12.2. The summed E-state index contributed by atoms with van der Waals surface area (Å²) in [5, 5.41) is 11.5. The molecule has 0 aliphatic heterocycles. The van der Waals surface area contributed by atoms with Gasteiger partial charge in [-0.3, -0.25) is 4.79 Å². The Morgan fingerprint density at radius 3 is 2.83 bits per heavy atom. The summed E-state index contributed by atoms with van der Waals surface area (Å²) >= 11 is 0. The van der Waals surface area contributed by atoms with Gasteiger partial charge in [-0.1, -0.05) is 11.6 Å². The normalized spacial score (nSPS) is 10.4. The molecule has 0 saturated carbocycles. The minimum absolute atomic E-state index is 0.0800. The number of nitrogens with zero attached hydrogens (tertiary/aromatic N) is 4. The smallest absolute Gasteiger partial charge is 0.182 e. The summed E-state index contributed by atoms with van der Waals surface area (Å²) in [6.07, 6.45) is 0.119. The van der Waals surface area contributed by atoms with Gasteiger partial charge >= 0.3 is 0 Å². The van der Waals surface area contributed by atoms with E-state index >= 15 is 0 Å². The molecule has 1 heterocycles. The van der Waals surface area contributed by atoms with Gasteiger partial charge in [-0.25, -0.2) is 0 Å². The average molecular weight is 246 g/mol. The molecule has 0 atom stereocenters. The number of carbonyl (C=O) groups excluding carboxylic acids is 1. The third-order valence-corrected chi connectivity index (χ3v) is 2.52. The zero-order valence-electron chi connectivity index (χ0n) is 10.5. The third-order valence-electron chi connectivity index (χ3n) is 2.52. The van der Waals surface area contributed by atoms with E-state index in [2.05, 4.69) is 15.4 Å². The van der Waals surface area contributed by atoms with Crippen molar-refractivity contribution in [1.82, 2.24) is 20.2 Å². The maximum atomic E-state index is 12.2. The predicted octanol–water partition coefficient (Wildman–Crippen LogP) is 0.953. The van der Waals surface area contributed by atoms with Gasteiger partial charge in [0.15, 0.2) is 11.6 Å². The molecule has 0 fully saturated rings. The number of Topliss-reactive ketones (excluding diaryl/α,β-unsaturated/α-hetero) is 1. The van der Waals surface area contributed by atoms with Crippen LogP contribution in [0, 0.1) is 6.92 Å². The molecule has 1 aromatic heterocycles. The van der Waals surface area contributed by atoms with E-state index in [1.807, 2.05) is 13.0 Å². The highest BCUT2D eigenvalue weighted by atomic mass is 16.5. The highest BCUT2D eigenvalue weighted by Crippen LogP contribution is 2.20. The second-order valence-corrected chi connectivity index (χ2v) is 4.00. The first-order valence-electron chi connectivity index (χ1n) is 5.51. The summed E-state index contributed by atoms with van der Waals surface area (Å²) in [7, 11) is 3.20. The van der Waals surface area contributed by atoms with Gasteiger partial charge in [0.25, 0.3) is 0 Å². The fraction of sp³-hybridized carbons (Fsp3) is 0.333. The van der Waals surface area contributed by atoms with Gasteiger partial charge in [0.2, 0.25) is 0 Å². The van der Waals surface area contributed by atoms with Crippen molar-refractivity contribution < 1.29 is 9.53 Å². The molecule has 0 bridgehead atoms. The number of rotatable bonds is 4. The fourth-order valence-corrected chi connectivity index (χ4v) is 1.67. The number of benzene rings is 1. The molecular weight excluding hydrogens is 232 g/mol. The highest BCUT2D eigenvalue weighted by Gasteiger charge is 2.15. The largest absolute Gasteiger partial charge is 0.496 e. The van der Waals surface area contributed by atoms with E-state index in [9.17, 15) is 4.79 Å². The van der Waals surface area contributed by atoms with Crippen LogP contribution in [0.15, 0.2) is 18.2 Å². The van der Waals surface area contributed by atoms with Crippen LogP contribution in [0.3, 0.4) is 0 Å². The number of hydrogen-bond acceptors (Lipinski definition) is 5. The maximum absolute atomic E-state index is 12.2. The van der Waals surface area contributed by atoms with Gasteiger partial charge in [-0.2, -0.15) is 4.80 Å². The van der Waals surface area contributed by atoms with Crippen molar-refractivity contribution in [3.8, 4) is 5.75 Å². The van der Waals surface area contributed by atoms with Crippen molar-refractivity contribution >= 4 is 5.78 Å². The number of ether oxygens (including phenoxy) is 1. The van der Waals surface area contributed by atoms with Crippen molar-refractivity contribution in [3.63, 3.8) is 0 Å². The molecule has 0 spiro atoms. The molecule has 94 valence electrons. The van der Waals surface area contributed by atoms with Gasteiger partial charge in [-0.15, -0.1) is 10.2 Å². The molecule has 0 aliphatic rings. The quantitative estimate of drug-likeness (QED) is 0.751. The lowest BCUT2D eigenvalue weighted by Crippen LogP contribution is -2.07. The minimum Gasteiger partial charge on any atom is -0.496 e. The zero-order chi connectivity index (χ0) is 13.1. The second-order valence-electron chi connectivity index (χ2n) is 4.00. The van der Waals surface area contributed by atoms with Crippen LogP contribution in [0.1, 0.15) is 21.7 Å². The molecule has 18 heavy (non-hydrogen) atoms.